The molecular formula is C8H13FO3. The molecule has 1 rings (SSSR count). The van der Waals surface area contributed by atoms with Gasteiger partial charge in [-0.05, 0) is 12.8 Å². The highest BCUT2D eigenvalue weighted by Crippen LogP contribution is 2.18. The molecule has 0 aromatic heterocycles. The molecule has 0 saturated carbocycles. The zero-order chi connectivity index (χ0) is 8.97. The van der Waals surface area contributed by atoms with Crippen LogP contribution in [0.2, 0.25) is 0 Å². The maximum atomic E-state index is 12.9. The Kier molecular flexibility index (Phi) is 3.47. The molecule has 0 bridgehead atoms. The van der Waals surface area contributed by atoms with E-state index in [-0.39, 0.29) is 12.5 Å². The predicted molar refractivity (Wildman–Crippen MR) is 40.5 cm³/mol. The minimum Gasteiger partial charge on any atom is -0.467 e. The Hall–Kier alpha value is -0.640. The Bertz CT molecular complexity index is 154. The molecular weight excluding hydrogens is 163 g/mol. The van der Waals surface area contributed by atoms with Gasteiger partial charge in [0.2, 0.25) is 0 Å². The van der Waals surface area contributed by atoms with Crippen molar-refractivity contribution in [3.63, 3.8) is 0 Å². The fraction of sp³-hybridized carbons (Fsp3) is 0.875. The van der Waals surface area contributed by atoms with Crippen LogP contribution in [0.5, 0.6) is 0 Å². The minimum atomic E-state index is -1.53. The molecule has 3 nitrogen and oxygen atoms in total. The number of hydrogen-bond acceptors (Lipinski definition) is 3. The molecule has 0 aromatic carbocycles. The van der Waals surface area contributed by atoms with Crippen molar-refractivity contribution in [3.05, 3.63) is 0 Å². The molecule has 70 valence electrons. The number of carbonyl (C=O) groups is 1. The van der Waals surface area contributed by atoms with Gasteiger partial charge in [-0.15, -0.1) is 0 Å². The van der Waals surface area contributed by atoms with Gasteiger partial charge in [0.05, 0.1) is 13.2 Å². The first kappa shape index (κ1) is 9.45. The van der Waals surface area contributed by atoms with Gasteiger partial charge in [-0.2, -0.15) is 0 Å². The lowest BCUT2D eigenvalue weighted by atomic mass is 10.1. The van der Waals surface area contributed by atoms with Crippen LogP contribution in [0.1, 0.15) is 19.3 Å². The van der Waals surface area contributed by atoms with E-state index in [0.717, 1.165) is 12.8 Å². The summed E-state index contributed by atoms with van der Waals surface area (Å²) in [5.74, 6) is -0.800. The Morgan fingerprint density at radius 2 is 2.58 bits per heavy atom. The summed E-state index contributed by atoms with van der Waals surface area (Å²) in [4.78, 5) is 10.6. The quantitative estimate of drug-likeness (QED) is 0.603. The molecule has 1 aliphatic rings. The van der Waals surface area contributed by atoms with Gasteiger partial charge in [0.25, 0.3) is 0 Å². The second kappa shape index (κ2) is 4.40. The maximum Gasteiger partial charge on any atom is 0.340 e. The number of esters is 1. The van der Waals surface area contributed by atoms with E-state index in [1.807, 2.05) is 0 Å². The van der Waals surface area contributed by atoms with Crippen LogP contribution >= 0.6 is 0 Å². The van der Waals surface area contributed by atoms with Crippen LogP contribution in [0.15, 0.2) is 0 Å². The lowest BCUT2D eigenvalue weighted by molar-refractivity contribution is -0.147. The van der Waals surface area contributed by atoms with E-state index in [1.54, 1.807) is 0 Å². The SMILES string of the molecule is COC(=O)C(F)CC1CCCO1. The monoisotopic (exact) mass is 176 g/mol. The third kappa shape index (κ3) is 2.44. The molecule has 0 N–H and O–H groups in total. The first-order valence-corrected chi connectivity index (χ1v) is 4.07. The molecule has 1 heterocycles. The second-order valence-corrected chi connectivity index (χ2v) is 2.86. The van der Waals surface area contributed by atoms with E-state index in [9.17, 15) is 9.18 Å². The fourth-order valence-electron chi connectivity index (χ4n) is 1.29. The van der Waals surface area contributed by atoms with Crippen molar-refractivity contribution in [2.24, 2.45) is 0 Å². The summed E-state index contributed by atoms with van der Waals surface area (Å²) in [5, 5.41) is 0. The Balaban J connectivity index is 2.24. The van der Waals surface area contributed by atoms with Gasteiger partial charge in [0, 0.05) is 13.0 Å². The lowest BCUT2D eigenvalue weighted by Crippen LogP contribution is -2.22. The Labute approximate surface area is 70.8 Å². The molecule has 0 aliphatic carbocycles. The lowest BCUT2D eigenvalue weighted by Gasteiger charge is -2.10. The average molecular weight is 176 g/mol. The normalized spacial score (nSPS) is 25.3. The topological polar surface area (TPSA) is 35.5 Å². The third-order valence-electron chi connectivity index (χ3n) is 1.95. The van der Waals surface area contributed by atoms with E-state index >= 15 is 0 Å². The largest absolute Gasteiger partial charge is 0.467 e. The maximum absolute atomic E-state index is 12.9. The molecule has 1 aliphatic heterocycles. The van der Waals surface area contributed by atoms with E-state index in [4.69, 9.17) is 4.74 Å². The summed E-state index contributed by atoms with van der Waals surface area (Å²) < 4.78 is 22.3. The highest BCUT2D eigenvalue weighted by atomic mass is 19.1. The van der Waals surface area contributed by atoms with Gasteiger partial charge >= 0.3 is 5.97 Å². The fourth-order valence-corrected chi connectivity index (χ4v) is 1.29. The van der Waals surface area contributed by atoms with Crippen molar-refractivity contribution in [1.82, 2.24) is 0 Å². The first-order valence-electron chi connectivity index (χ1n) is 4.07. The van der Waals surface area contributed by atoms with Crippen LogP contribution in [0.25, 0.3) is 0 Å². The second-order valence-electron chi connectivity index (χ2n) is 2.86. The van der Waals surface area contributed by atoms with Crippen molar-refractivity contribution in [2.45, 2.75) is 31.5 Å². The van der Waals surface area contributed by atoms with Gasteiger partial charge in [-0.1, -0.05) is 0 Å². The third-order valence-corrected chi connectivity index (χ3v) is 1.95. The molecule has 4 heteroatoms. The van der Waals surface area contributed by atoms with Crippen molar-refractivity contribution in [2.75, 3.05) is 13.7 Å². The van der Waals surface area contributed by atoms with E-state index in [2.05, 4.69) is 4.74 Å². The number of hydrogen-bond donors (Lipinski definition) is 0. The van der Waals surface area contributed by atoms with Crippen LogP contribution in [-0.2, 0) is 14.3 Å². The van der Waals surface area contributed by atoms with Crippen molar-refractivity contribution in [1.29, 1.82) is 0 Å². The summed E-state index contributed by atoms with van der Waals surface area (Å²) in [5.41, 5.74) is 0. The first-order chi connectivity index (χ1) is 5.74. The van der Waals surface area contributed by atoms with Crippen LogP contribution in [0.4, 0.5) is 4.39 Å². The molecule has 0 amide bonds. The van der Waals surface area contributed by atoms with Crippen molar-refractivity contribution in [3.8, 4) is 0 Å². The van der Waals surface area contributed by atoms with Crippen LogP contribution in [0, 0.1) is 0 Å². The Morgan fingerprint density at radius 3 is 3.08 bits per heavy atom. The summed E-state index contributed by atoms with van der Waals surface area (Å²) >= 11 is 0. The highest BCUT2D eigenvalue weighted by molar-refractivity contribution is 5.74. The molecule has 0 spiro atoms. The van der Waals surface area contributed by atoms with Gasteiger partial charge in [0.15, 0.2) is 6.17 Å². The summed E-state index contributed by atoms with van der Waals surface area (Å²) in [7, 11) is 1.18. The molecule has 12 heavy (non-hydrogen) atoms. The van der Waals surface area contributed by atoms with Gasteiger partial charge in [0.1, 0.15) is 0 Å². The average Bonchev–Trinajstić information content (AvgIpc) is 2.55. The molecule has 2 atom stereocenters. The zero-order valence-electron chi connectivity index (χ0n) is 7.09. The molecule has 1 fully saturated rings. The molecule has 0 aromatic rings. The van der Waals surface area contributed by atoms with Gasteiger partial charge in [-0.25, -0.2) is 9.18 Å². The number of methoxy groups -OCH3 is 1. The van der Waals surface area contributed by atoms with Crippen LogP contribution in [0.3, 0.4) is 0 Å². The van der Waals surface area contributed by atoms with Crippen LogP contribution < -0.4 is 0 Å². The van der Waals surface area contributed by atoms with E-state index in [0.29, 0.717) is 6.61 Å². The predicted octanol–water partition coefficient (Wildman–Crippen LogP) is 1.07. The number of rotatable bonds is 3. The zero-order valence-corrected chi connectivity index (χ0v) is 7.09. The molecule has 1 saturated heterocycles. The molecule has 0 radical (unpaired) electrons. The number of ether oxygens (including phenoxy) is 2. The summed E-state index contributed by atoms with van der Waals surface area (Å²) in [6, 6.07) is 0. The van der Waals surface area contributed by atoms with E-state index in [1.165, 1.54) is 7.11 Å². The Morgan fingerprint density at radius 1 is 1.83 bits per heavy atom. The van der Waals surface area contributed by atoms with Crippen molar-refractivity contribution < 1.29 is 18.7 Å². The van der Waals surface area contributed by atoms with Gasteiger partial charge in [-0.3, -0.25) is 0 Å². The summed E-state index contributed by atoms with van der Waals surface area (Å²) in [6.45, 7) is 0.679. The highest BCUT2D eigenvalue weighted by Gasteiger charge is 2.25. The van der Waals surface area contributed by atoms with Gasteiger partial charge < -0.3 is 9.47 Å². The smallest absolute Gasteiger partial charge is 0.340 e. The number of halogens is 1. The van der Waals surface area contributed by atoms with Crippen LogP contribution in [-0.4, -0.2) is 32.0 Å². The van der Waals surface area contributed by atoms with Crippen molar-refractivity contribution >= 4 is 5.97 Å². The minimum absolute atomic E-state index is 0.0981. The number of carbonyl (C=O) groups excluding carboxylic acids is 1. The van der Waals surface area contributed by atoms with E-state index < -0.39 is 12.1 Å². The standard InChI is InChI=1S/C8H13FO3/c1-11-8(10)7(9)5-6-3-2-4-12-6/h6-7H,2-5H2,1H3. The number of alkyl halides is 1. The summed E-state index contributed by atoms with van der Waals surface area (Å²) in [6.07, 6.45) is 0.306. The molecule has 2 unspecified atom stereocenters.